The van der Waals surface area contributed by atoms with Crippen molar-refractivity contribution in [3.8, 4) is 0 Å². The van der Waals surface area contributed by atoms with E-state index in [-0.39, 0.29) is 12.6 Å². The summed E-state index contributed by atoms with van der Waals surface area (Å²) in [6.45, 7) is 4.33. The minimum absolute atomic E-state index is 0.124. The number of hydrogen-bond donors (Lipinski definition) is 2. The molecular weight excluding hydrogens is 208 g/mol. The predicted molar refractivity (Wildman–Crippen MR) is 64.7 cm³/mol. The van der Waals surface area contributed by atoms with Gasteiger partial charge in [0.25, 0.3) is 0 Å². The zero-order chi connectivity index (χ0) is 12.2. The topological polar surface area (TPSA) is 54.0 Å². The Kier molecular flexibility index (Phi) is 11.1. The Hall–Kier alpha value is -0.200. The molecule has 0 radical (unpaired) electrons. The second kappa shape index (κ2) is 11.3. The van der Waals surface area contributed by atoms with Gasteiger partial charge in [-0.25, -0.2) is 0 Å². The number of methoxy groups -OCH3 is 2. The largest absolute Gasteiger partial charge is 0.395 e. The van der Waals surface area contributed by atoms with Crippen LogP contribution in [0.5, 0.6) is 0 Å². The van der Waals surface area contributed by atoms with E-state index >= 15 is 0 Å². The van der Waals surface area contributed by atoms with Gasteiger partial charge in [-0.15, -0.1) is 0 Å². The Morgan fingerprint density at radius 3 is 2.38 bits per heavy atom. The van der Waals surface area contributed by atoms with Crippen molar-refractivity contribution >= 4 is 0 Å². The van der Waals surface area contributed by atoms with E-state index < -0.39 is 0 Å². The summed E-state index contributed by atoms with van der Waals surface area (Å²) in [5.41, 5.74) is 0. The molecule has 16 heavy (non-hydrogen) atoms. The average Bonchev–Trinajstić information content (AvgIpc) is 2.32. The summed E-state index contributed by atoms with van der Waals surface area (Å²) >= 11 is 0. The summed E-state index contributed by atoms with van der Waals surface area (Å²) in [5.74, 6) is 0. The van der Waals surface area contributed by atoms with Crippen molar-refractivity contribution in [2.45, 2.75) is 12.5 Å². The zero-order valence-electron chi connectivity index (χ0n) is 10.7. The van der Waals surface area contributed by atoms with Gasteiger partial charge in [-0.3, -0.25) is 4.90 Å². The number of nitrogens with one attached hydrogen (secondary N) is 1. The third kappa shape index (κ3) is 8.01. The molecule has 0 saturated heterocycles. The van der Waals surface area contributed by atoms with Crippen LogP contribution in [0.25, 0.3) is 0 Å². The third-order valence-corrected chi connectivity index (χ3v) is 2.54. The third-order valence-electron chi connectivity index (χ3n) is 2.54. The molecule has 0 heterocycles. The summed E-state index contributed by atoms with van der Waals surface area (Å²) in [6.07, 6.45) is 1.00. The van der Waals surface area contributed by atoms with Crippen LogP contribution in [0.3, 0.4) is 0 Å². The Bertz CT molecular complexity index is 143. The van der Waals surface area contributed by atoms with Crippen molar-refractivity contribution in [1.29, 1.82) is 0 Å². The van der Waals surface area contributed by atoms with E-state index in [2.05, 4.69) is 10.2 Å². The van der Waals surface area contributed by atoms with Gasteiger partial charge in [0, 0.05) is 46.5 Å². The zero-order valence-corrected chi connectivity index (χ0v) is 10.7. The number of nitrogens with zero attached hydrogens (tertiary/aromatic N) is 1. The lowest BCUT2D eigenvalue weighted by molar-refractivity contribution is 0.117. The first-order valence-electron chi connectivity index (χ1n) is 5.76. The Balaban J connectivity index is 3.87. The minimum Gasteiger partial charge on any atom is -0.395 e. The molecule has 1 unspecified atom stereocenters. The number of aliphatic hydroxyl groups excluding tert-OH is 1. The Labute approximate surface area is 98.7 Å². The standard InChI is InChI=1S/C11H26N2O3/c1-12-11(10-14)9-13(6-8-16-3)5-4-7-15-2/h11-12,14H,4-10H2,1-3H3. The van der Waals surface area contributed by atoms with Crippen LogP contribution in [0.2, 0.25) is 0 Å². The highest BCUT2D eigenvalue weighted by Gasteiger charge is 2.11. The molecular formula is C11H26N2O3. The van der Waals surface area contributed by atoms with Crippen LogP contribution in [0, 0.1) is 0 Å². The fourth-order valence-corrected chi connectivity index (χ4v) is 1.50. The van der Waals surface area contributed by atoms with Crippen LogP contribution >= 0.6 is 0 Å². The summed E-state index contributed by atoms with van der Waals surface area (Å²) in [7, 11) is 5.28. The second-order valence-electron chi connectivity index (χ2n) is 3.81. The van der Waals surface area contributed by atoms with E-state index in [0.717, 1.165) is 39.3 Å². The highest BCUT2D eigenvalue weighted by molar-refractivity contribution is 4.69. The van der Waals surface area contributed by atoms with Crippen molar-refractivity contribution in [3.63, 3.8) is 0 Å². The van der Waals surface area contributed by atoms with Crippen LogP contribution in [0.15, 0.2) is 0 Å². The second-order valence-corrected chi connectivity index (χ2v) is 3.81. The molecule has 0 aliphatic carbocycles. The van der Waals surface area contributed by atoms with Crippen LogP contribution in [0.1, 0.15) is 6.42 Å². The van der Waals surface area contributed by atoms with Crippen LogP contribution in [-0.4, -0.2) is 76.8 Å². The molecule has 1 atom stereocenters. The molecule has 0 amide bonds. The molecule has 0 aliphatic rings. The number of ether oxygens (including phenoxy) is 2. The maximum atomic E-state index is 9.13. The number of hydrogen-bond acceptors (Lipinski definition) is 5. The SMILES string of the molecule is CNC(CO)CN(CCCOC)CCOC. The van der Waals surface area contributed by atoms with E-state index in [1.54, 1.807) is 14.2 Å². The van der Waals surface area contributed by atoms with E-state index in [1.807, 2.05) is 7.05 Å². The van der Waals surface area contributed by atoms with E-state index in [0.29, 0.717) is 0 Å². The normalized spacial score (nSPS) is 13.3. The van der Waals surface area contributed by atoms with Crippen molar-refractivity contribution in [3.05, 3.63) is 0 Å². The van der Waals surface area contributed by atoms with E-state index in [4.69, 9.17) is 14.6 Å². The molecule has 0 bridgehead atoms. The summed E-state index contributed by atoms with van der Waals surface area (Å²) in [6, 6.07) is 0.124. The van der Waals surface area contributed by atoms with Gasteiger partial charge in [-0.2, -0.15) is 0 Å². The van der Waals surface area contributed by atoms with Gasteiger partial charge >= 0.3 is 0 Å². The molecule has 0 fully saturated rings. The summed E-state index contributed by atoms with van der Waals surface area (Å²) in [4.78, 5) is 2.28. The Morgan fingerprint density at radius 1 is 1.19 bits per heavy atom. The van der Waals surface area contributed by atoms with Crippen LogP contribution in [0.4, 0.5) is 0 Å². The fraction of sp³-hybridized carbons (Fsp3) is 1.00. The first-order chi connectivity index (χ1) is 7.78. The lowest BCUT2D eigenvalue weighted by atomic mass is 10.2. The van der Waals surface area contributed by atoms with E-state index in [1.165, 1.54) is 0 Å². The molecule has 5 heteroatoms. The molecule has 0 rings (SSSR count). The summed E-state index contributed by atoms with van der Waals surface area (Å²) < 4.78 is 10.1. The van der Waals surface area contributed by atoms with Crippen molar-refractivity contribution in [2.24, 2.45) is 0 Å². The molecule has 0 aromatic heterocycles. The van der Waals surface area contributed by atoms with Crippen LogP contribution in [-0.2, 0) is 9.47 Å². The number of aliphatic hydroxyl groups is 1. The van der Waals surface area contributed by atoms with Gasteiger partial charge < -0.3 is 19.9 Å². The first kappa shape index (κ1) is 15.8. The number of likely N-dealkylation sites (N-methyl/N-ethyl adjacent to an activating group) is 1. The molecule has 2 N–H and O–H groups in total. The van der Waals surface area contributed by atoms with Gasteiger partial charge in [0.1, 0.15) is 0 Å². The van der Waals surface area contributed by atoms with Gasteiger partial charge in [0.05, 0.1) is 13.2 Å². The minimum atomic E-state index is 0.124. The highest BCUT2D eigenvalue weighted by atomic mass is 16.5. The Morgan fingerprint density at radius 2 is 1.88 bits per heavy atom. The van der Waals surface area contributed by atoms with Crippen molar-refractivity contribution in [1.82, 2.24) is 10.2 Å². The van der Waals surface area contributed by atoms with Gasteiger partial charge in [-0.05, 0) is 13.5 Å². The molecule has 5 nitrogen and oxygen atoms in total. The maximum Gasteiger partial charge on any atom is 0.0597 e. The molecule has 0 aromatic rings. The smallest absolute Gasteiger partial charge is 0.0597 e. The number of rotatable bonds is 11. The lowest BCUT2D eigenvalue weighted by Gasteiger charge is -2.26. The average molecular weight is 234 g/mol. The molecule has 0 aromatic carbocycles. The molecule has 0 spiro atoms. The van der Waals surface area contributed by atoms with Crippen molar-refractivity contribution < 1.29 is 14.6 Å². The maximum absolute atomic E-state index is 9.13. The summed E-state index contributed by atoms with van der Waals surface area (Å²) in [5, 5.41) is 12.2. The van der Waals surface area contributed by atoms with Crippen molar-refractivity contribution in [2.75, 3.05) is 60.7 Å². The molecule has 0 saturated carbocycles. The van der Waals surface area contributed by atoms with Gasteiger partial charge in [0.15, 0.2) is 0 Å². The first-order valence-corrected chi connectivity index (χ1v) is 5.76. The highest BCUT2D eigenvalue weighted by Crippen LogP contribution is 1.95. The van der Waals surface area contributed by atoms with Gasteiger partial charge in [-0.1, -0.05) is 0 Å². The lowest BCUT2D eigenvalue weighted by Crippen LogP contribution is -2.43. The van der Waals surface area contributed by atoms with Gasteiger partial charge in [0.2, 0.25) is 0 Å². The molecule has 0 aliphatic heterocycles. The van der Waals surface area contributed by atoms with E-state index in [9.17, 15) is 0 Å². The predicted octanol–water partition coefficient (Wildman–Crippen LogP) is -0.448. The monoisotopic (exact) mass is 234 g/mol. The van der Waals surface area contributed by atoms with Crippen LogP contribution < -0.4 is 5.32 Å². The quantitative estimate of drug-likeness (QED) is 0.474. The molecule has 98 valence electrons. The fourth-order valence-electron chi connectivity index (χ4n) is 1.50.